The van der Waals surface area contributed by atoms with E-state index in [0.29, 0.717) is 23.6 Å². The van der Waals surface area contributed by atoms with Crippen molar-refractivity contribution in [1.29, 1.82) is 0 Å². The summed E-state index contributed by atoms with van der Waals surface area (Å²) in [5, 5.41) is 0. The van der Waals surface area contributed by atoms with Crippen LogP contribution in [-0.4, -0.2) is 35.3 Å². The maximum Gasteiger partial charge on any atom is 0.262 e. The standard InChI is InChI=1S/C28H25FN2O4/c1-3-4-15-35-20-13-10-18(11-14-20)24-25(28(34)30(24)19-12-9-17(2)23(29)16-19)31-26(32)21-7-5-6-8-22(21)27(31)33/h5-14,16,24-25H,3-4,15H2,1-2H3/t24-,25+/m0/s1. The highest BCUT2D eigenvalue weighted by atomic mass is 19.1. The Morgan fingerprint density at radius 2 is 1.51 bits per heavy atom. The van der Waals surface area contributed by atoms with Crippen molar-refractivity contribution in [3.8, 4) is 5.75 Å². The van der Waals surface area contributed by atoms with Gasteiger partial charge in [0.05, 0.1) is 23.8 Å². The number of halogens is 1. The molecule has 5 rings (SSSR count). The Kier molecular flexibility index (Phi) is 5.84. The first-order valence-corrected chi connectivity index (χ1v) is 11.7. The van der Waals surface area contributed by atoms with Gasteiger partial charge in [0.15, 0.2) is 0 Å². The molecule has 3 aromatic rings. The van der Waals surface area contributed by atoms with Gasteiger partial charge in [-0.3, -0.25) is 19.3 Å². The maximum absolute atomic E-state index is 14.4. The van der Waals surface area contributed by atoms with Crippen molar-refractivity contribution in [3.63, 3.8) is 0 Å². The van der Waals surface area contributed by atoms with Crippen LogP contribution in [0.5, 0.6) is 5.75 Å². The highest BCUT2D eigenvalue weighted by molar-refractivity contribution is 6.24. The quantitative estimate of drug-likeness (QED) is 0.274. The monoisotopic (exact) mass is 472 g/mol. The van der Waals surface area contributed by atoms with E-state index in [1.165, 1.54) is 11.0 Å². The zero-order valence-electron chi connectivity index (χ0n) is 19.5. The minimum absolute atomic E-state index is 0.281. The summed E-state index contributed by atoms with van der Waals surface area (Å²) in [5.41, 5.74) is 2.12. The highest BCUT2D eigenvalue weighted by Crippen LogP contribution is 2.44. The molecule has 0 bridgehead atoms. The normalized spacial score (nSPS) is 19.1. The molecule has 2 aliphatic rings. The molecular formula is C28H25FN2O4. The number of carbonyl (C=O) groups excluding carboxylic acids is 3. The molecule has 2 atom stereocenters. The van der Waals surface area contributed by atoms with Crippen LogP contribution in [-0.2, 0) is 4.79 Å². The first-order valence-electron chi connectivity index (χ1n) is 11.7. The number of nitrogens with zero attached hydrogens (tertiary/aromatic N) is 2. The van der Waals surface area contributed by atoms with Crippen molar-refractivity contribution in [1.82, 2.24) is 4.90 Å². The van der Waals surface area contributed by atoms with Crippen LogP contribution in [0.4, 0.5) is 10.1 Å². The molecular weight excluding hydrogens is 447 g/mol. The average Bonchev–Trinajstić information content (AvgIpc) is 3.11. The number of ether oxygens (including phenoxy) is 1. The summed E-state index contributed by atoms with van der Waals surface area (Å²) in [5.74, 6) is -1.17. The molecule has 0 spiro atoms. The third kappa shape index (κ3) is 3.77. The lowest BCUT2D eigenvalue weighted by Crippen LogP contribution is -2.67. The van der Waals surface area contributed by atoms with Gasteiger partial charge in [0.1, 0.15) is 17.6 Å². The van der Waals surface area contributed by atoms with Gasteiger partial charge in [0.25, 0.3) is 17.7 Å². The summed E-state index contributed by atoms with van der Waals surface area (Å²) in [6.45, 7) is 4.33. The van der Waals surface area contributed by atoms with Crippen molar-refractivity contribution in [2.45, 2.75) is 38.8 Å². The second kappa shape index (κ2) is 8.98. The molecule has 2 aliphatic heterocycles. The number of carbonyl (C=O) groups is 3. The summed E-state index contributed by atoms with van der Waals surface area (Å²) in [4.78, 5) is 42.3. The molecule has 178 valence electrons. The van der Waals surface area contributed by atoms with Gasteiger partial charge in [-0.05, 0) is 60.9 Å². The number of aryl methyl sites for hydroxylation is 1. The zero-order chi connectivity index (χ0) is 24.7. The molecule has 0 aromatic heterocycles. The van der Waals surface area contributed by atoms with E-state index in [4.69, 9.17) is 4.74 Å². The van der Waals surface area contributed by atoms with Gasteiger partial charge in [0, 0.05) is 5.69 Å². The van der Waals surface area contributed by atoms with Gasteiger partial charge in [-0.25, -0.2) is 4.39 Å². The summed E-state index contributed by atoms with van der Waals surface area (Å²) < 4.78 is 20.1. The second-order valence-corrected chi connectivity index (χ2v) is 8.83. The predicted octanol–water partition coefficient (Wildman–Crippen LogP) is 5.07. The molecule has 35 heavy (non-hydrogen) atoms. The minimum Gasteiger partial charge on any atom is -0.494 e. The number of imide groups is 1. The number of unbranched alkanes of at least 4 members (excludes halogenated alkanes) is 1. The summed E-state index contributed by atoms with van der Waals surface area (Å²) >= 11 is 0. The number of hydrogen-bond acceptors (Lipinski definition) is 4. The van der Waals surface area contributed by atoms with Gasteiger partial charge in [-0.1, -0.05) is 43.7 Å². The lowest BCUT2D eigenvalue weighted by atomic mass is 9.86. The van der Waals surface area contributed by atoms with Crippen LogP contribution in [0.3, 0.4) is 0 Å². The van der Waals surface area contributed by atoms with E-state index in [0.717, 1.165) is 23.3 Å². The number of amides is 3. The number of hydrogen-bond donors (Lipinski definition) is 0. The van der Waals surface area contributed by atoms with Gasteiger partial charge < -0.3 is 9.64 Å². The number of benzene rings is 3. The van der Waals surface area contributed by atoms with Crippen molar-refractivity contribution in [2.75, 3.05) is 11.5 Å². The van der Waals surface area contributed by atoms with Crippen molar-refractivity contribution in [2.24, 2.45) is 0 Å². The van der Waals surface area contributed by atoms with Crippen LogP contribution in [0.15, 0.2) is 66.7 Å². The van der Waals surface area contributed by atoms with Crippen LogP contribution in [0.2, 0.25) is 0 Å². The van der Waals surface area contributed by atoms with Gasteiger partial charge in [-0.2, -0.15) is 0 Å². The fourth-order valence-electron chi connectivity index (χ4n) is 4.63. The van der Waals surface area contributed by atoms with Crippen molar-refractivity contribution in [3.05, 3.63) is 94.8 Å². The fourth-order valence-corrected chi connectivity index (χ4v) is 4.63. The second-order valence-electron chi connectivity index (χ2n) is 8.83. The lowest BCUT2D eigenvalue weighted by molar-refractivity contribution is -0.130. The third-order valence-electron chi connectivity index (χ3n) is 6.59. The number of anilines is 1. The maximum atomic E-state index is 14.4. The van der Waals surface area contributed by atoms with Gasteiger partial charge >= 0.3 is 0 Å². The fraction of sp³-hybridized carbons (Fsp3) is 0.250. The van der Waals surface area contributed by atoms with Gasteiger partial charge in [0.2, 0.25) is 0 Å². The molecule has 7 heteroatoms. The Morgan fingerprint density at radius 1 is 0.857 bits per heavy atom. The van der Waals surface area contributed by atoms with Crippen LogP contribution in [0.1, 0.15) is 57.7 Å². The first-order chi connectivity index (χ1) is 16.9. The smallest absolute Gasteiger partial charge is 0.262 e. The Hall–Kier alpha value is -4.00. The Balaban J connectivity index is 1.52. The van der Waals surface area contributed by atoms with E-state index in [1.807, 2.05) is 12.1 Å². The van der Waals surface area contributed by atoms with Crippen molar-refractivity contribution < 1.29 is 23.5 Å². The highest BCUT2D eigenvalue weighted by Gasteiger charge is 2.57. The number of rotatable bonds is 7. The lowest BCUT2D eigenvalue weighted by Gasteiger charge is -2.49. The van der Waals surface area contributed by atoms with E-state index in [9.17, 15) is 18.8 Å². The van der Waals surface area contributed by atoms with Crippen LogP contribution < -0.4 is 9.64 Å². The largest absolute Gasteiger partial charge is 0.494 e. The molecule has 0 saturated carbocycles. The SMILES string of the molecule is CCCCOc1ccc([C@H]2[C@@H](N3C(=O)c4ccccc4C3=O)C(=O)N2c2ccc(C)c(F)c2)cc1. The molecule has 0 N–H and O–H groups in total. The summed E-state index contributed by atoms with van der Waals surface area (Å²) in [6, 6.07) is 16.7. The average molecular weight is 473 g/mol. The van der Waals surface area contributed by atoms with Gasteiger partial charge in [-0.15, -0.1) is 0 Å². The molecule has 6 nitrogen and oxygen atoms in total. The molecule has 0 aliphatic carbocycles. The molecule has 0 radical (unpaired) electrons. The summed E-state index contributed by atoms with van der Waals surface area (Å²) in [7, 11) is 0. The van der Waals surface area contributed by atoms with Crippen molar-refractivity contribution >= 4 is 23.4 Å². The van der Waals surface area contributed by atoms with Crippen LogP contribution in [0, 0.1) is 12.7 Å². The van der Waals surface area contributed by atoms with E-state index < -0.39 is 35.6 Å². The number of β-lactam (4-membered cyclic amide) rings is 1. The number of fused-ring (bicyclic) bond motifs is 1. The Bertz CT molecular complexity index is 1290. The molecule has 3 aromatic carbocycles. The van der Waals surface area contributed by atoms with E-state index in [1.54, 1.807) is 55.5 Å². The Morgan fingerprint density at radius 3 is 2.11 bits per heavy atom. The zero-order valence-corrected chi connectivity index (χ0v) is 19.5. The minimum atomic E-state index is -1.03. The first kappa shape index (κ1) is 22.8. The molecule has 1 fully saturated rings. The van der Waals surface area contributed by atoms with E-state index in [-0.39, 0.29) is 11.1 Å². The topological polar surface area (TPSA) is 66.9 Å². The van der Waals surface area contributed by atoms with E-state index in [2.05, 4.69) is 6.92 Å². The predicted molar refractivity (Wildman–Crippen MR) is 129 cm³/mol. The van der Waals surface area contributed by atoms with E-state index >= 15 is 0 Å². The summed E-state index contributed by atoms with van der Waals surface area (Å²) in [6.07, 6.45) is 1.96. The third-order valence-corrected chi connectivity index (χ3v) is 6.59. The molecule has 0 unspecified atom stereocenters. The molecule has 3 amide bonds. The van der Waals surface area contributed by atoms with Crippen LogP contribution >= 0.6 is 0 Å². The molecule has 1 saturated heterocycles. The Labute approximate surface area is 202 Å². The van der Waals surface area contributed by atoms with Crippen LogP contribution in [0.25, 0.3) is 0 Å². The molecule has 2 heterocycles.